The summed E-state index contributed by atoms with van der Waals surface area (Å²) in [6, 6.07) is 5.96. The van der Waals surface area contributed by atoms with Crippen LogP contribution in [-0.4, -0.2) is 37.1 Å². The molecule has 3 heteroatoms. The van der Waals surface area contributed by atoms with Gasteiger partial charge in [0.1, 0.15) is 5.82 Å². The molecule has 0 amide bonds. The molecule has 2 aliphatic rings. The molecule has 92 valence electrons. The zero-order chi connectivity index (χ0) is 11.8. The molecule has 2 nitrogen and oxygen atoms in total. The van der Waals surface area contributed by atoms with Crippen LogP contribution in [0.4, 0.5) is 10.1 Å². The van der Waals surface area contributed by atoms with E-state index in [1.807, 2.05) is 6.07 Å². The van der Waals surface area contributed by atoms with Crippen LogP contribution in [0.15, 0.2) is 18.2 Å². The van der Waals surface area contributed by atoms with E-state index in [1.165, 1.54) is 13.0 Å². The number of nitrogens with zero attached hydrogens (tertiary/aromatic N) is 2. The van der Waals surface area contributed by atoms with Gasteiger partial charge in [-0.3, -0.25) is 0 Å². The molecular formula is C14H19FN2. The van der Waals surface area contributed by atoms with Gasteiger partial charge >= 0.3 is 0 Å². The minimum Gasteiger partial charge on any atom is -0.367 e. The highest BCUT2D eigenvalue weighted by Crippen LogP contribution is 2.35. The first-order valence-corrected chi connectivity index (χ1v) is 6.56. The maximum absolute atomic E-state index is 13.8. The van der Waals surface area contributed by atoms with Crippen LogP contribution in [0.2, 0.25) is 0 Å². The molecular weight excluding hydrogens is 215 g/mol. The molecule has 1 saturated heterocycles. The van der Waals surface area contributed by atoms with Gasteiger partial charge in [0, 0.05) is 30.4 Å². The fraction of sp³-hybridized carbons (Fsp3) is 0.571. The number of likely N-dealkylation sites (N-methyl/N-ethyl adjacent to an activating group) is 1. The van der Waals surface area contributed by atoms with Crippen LogP contribution in [0.5, 0.6) is 0 Å². The van der Waals surface area contributed by atoms with E-state index >= 15 is 0 Å². The second kappa shape index (κ2) is 4.30. The maximum atomic E-state index is 13.8. The minimum absolute atomic E-state index is 0.0291. The molecule has 0 spiro atoms. The van der Waals surface area contributed by atoms with Crippen molar-refractivity contribution in [3.8, 4) is 0 Å². The second-order valence-corrected chi connectivity index (χ2v) is 5.04. The Morgan fingerprint density at radius 3 is 3.06 bits per heavy atom. The minimum atomic E-state index is -0.0291. The van der Waals surface area contributed by atoms with Crippen LogP contribution in [0.1, 0.15) is 18.9 Å². The molecule has 2 heterocycles. The first-order chi connectivity index (χ1) is 8.29. The quantitative estimate of drug-likeness (QED) is 0.735. The molecule has 1 unspecified atom stereocenters. The van der Waals surface area contributed by atoms with Crippen LogP contribution in [0, 0.1) is 5.82 Å². The molecule has 1 aromatic carbocycles. The van der Waals surface area contributed by atoms with Crippen LogP contribution in [0.3, 0.4) is 0 Å². The van der Waals surface area contributed by atoms with Gasteiger partial charge in [0.2, 0.25) is 0 Å². The van der Waals surface area contributed by atoms with E-state index in [2.05, 4.69) is 22.8 Å². The summed E-state index contributed by atoms with van der Waals surface area (Å²) in [4.78, 5) is 4.89. The number of anilines is 1. The molecule has 0 bridgehead atoms. The van der Waals surface area contributed by atoms with Gasteiger partial charge in [0.25, 0.3) is 0 Å². The van der Waals surface area contributed by atoms with Crippen molar-refractivity contribution in [2.45, 2.75) is 25.8 Å². The van der Waals surface area contributed by atoms with E-state index in [0.717, 1.165) is 37.3 Å². The Labute approximate surface area is 102 Å². The van der Waals surface area contributed by atoms with E-state index in [9.17, 15) is 4.39 Å². The van der Waals surface area contributed by atoms with Gasteiger partial charge in [-0.1, -0.05) is 13.0 Å². The Morgan fingerprint density at radius 1 is 1.35 bits per heavy atom. The van der Waals surface area contributed by atoms with Crippen molar-refractivity contribution in [3.63, 3.8) is 0 Å². The average Bonchev–Trinajstić information content (AvgIpc) is 2.57. The lowest BCUT2D eigenvalue weighted by Crippen LogP contribution is -2.38. The highest BCUT2D eigenvalue weighted by atomic mass is 19.1. The zero-order valence-electron chi connectivity index (χ0n) is 10.3. The van der Waals surface area contributed by atoms with E-state index in [4.69, 9.17) is 0 Å². The maximum Gasteiger partial charge on any atom is 0.128 e. The summed E-state index contributed by atoms with van der Waals surface area (Å²) >= 11 is 0. The Bertz CT molecular complexity index is 419. The van der Waals surface area contributed by atoms with Gasteiger partial charge in [-0.05, 0) is 38.1 Å². The molecule has 0 saturated carbocycles. The molecule has 17 heavy (non-hydrogen) atoms. The number of benzene rings is 1. The molecule has 2 aliphatic heterocycles. The Morgan fingerprint density at radius 2 is 2.24 bits per heavy atom. The highest BCUT2D eigenvalue weighted by molar-refractivity contribution is 5.60. The van der Waals surface area contributed by atoms with Crippen molar-refractivity contribution in [2.75, 3.05) is 31.1 Å². The zero-order valence-corrected chi connectivity index (χ0v) is 10.3. The number of rotatable bonds is 1. The molecule has 0 N–H and O–H groups in total. The van der Waals surface area contributed by atoms with E-state index in [0.29, 0.717) is 6.04 Å². The van der Waals surface area contributed by atoms with Crippen molar-refractivity contribution in [2.24, 2.45) is 0 Å². The Balaban J connectivity index is 1.91. The summed E-state index contributed by atoms with van der Waals surface area (Å²) in [7, 11) is 0. The van der Waals surface area contributed by atoms with Gasteiger partial charge in [-0.2, -0.15) is 0 Å². The predicted octanol–water partition coefficient (Wildman–Crippen LogP) is 2.28. The van der Waals surface area contributed by atoms with Gasteiger partial charge in [0.15, 0.2) is 0 Å². The molecule has 1 fully saturated rings. The van der Waals surface area contributed by atoms with E-state index in [-0.39, 0.29) is 5.82 Å². The first kappa shape index (κ1) is 11.0. The SMILES string of the molecule is CCN1CCCN2c3cccc(F)c3CC2C1. The lowest BCUT2D eigenvalue weighted by Gasteiger charge is -2.26. The van der Waals surface area contributed by atoms with Crippen molar-refractivity contribution in [1.82, 2.24) is 4.90 Å². The van der Waals surface area contributed by atoms with Gasteiger partial charge in [-0.25, -0.2) is 4.39 Å². The van der Waals surface area contributed by atoms with Crippen molar-refractivity contribution >= 4 is 5.69 Å². The summed E-state index contributed by atoms with van der Waals surface area (Å²) in [5, 5.41) is 0. The Kier molecular flexibility index (Phi) is 2.79. The summed E-state index contributed by atoms with van der Waals surface area (Å²) in [5.41, 5.74) is 2.06. The van der Waals surface area contributed by atoms with Crippen LogP contribution in [0.25, 0.3) is 0 Å². The fourth-order valence-electron chi connectivity index (χ4n) is 3.17. The summed E-state index contributed by atoms with van der Waals surface area (Å²) in [6.45, 7) is 6.62. The van der Waals surface area contributed by atoms with Crippen molar-refractivity contribution in [1.29, 1.82) is 0 Å². The first-order valence-electron chi connectivity index (χ1n) is 6.56. The van der Waals surface area contributed by atoms with Crippen LogP contribution < -0.4 is 4.90 Å². The molecule has 3 rings (SSSR count). The van der Waals surface area contributed by atoms with Gasteiger partial charge < -0.3 is 9.80 Å². The Hall–Kier alpha value is -1.09. The normalized spacial score (nSPS) is 24.4. The third-order valence-electron chi connectivity index (χ3n) is 4.07. The summed E-state index contributed by atoms with van der Waals surface area (Å²) in [5.74, 6) is -0.0291. The smallest absolute Gasteiger partial charge is 0.128 e. The van der Waals surface area contributed by atoms with E-state index in [1.54, 1.807) is 6.07 Å². The molecule has 1 aromatic rings. The molecule has 0 radical (unpaired) electrons. The van der Waals surface area contributed by atoms with Gasteiger partial charge in [0.05, 0.1) is 0 Å². The van der Waals surface area contributed by atoms with Crippen LogP contribution >= 0.6 is 0 Å². The predicted molar refractivity (Wildman–Crippen MR) is 68.0 cm³/mol. The van der Waals surface area contributed by atoms with Crippen LogP contribution in [-0.2, 0) is 6.42 Å². The number of hydrogen-bond donors (Lipinski definition) is 0. The van der Waals surface area contributed by atoms with E-state index < -0.39 is 0 Å². The largest absolute Gasteiger partial charge is 0.367 e. The third-order valence-corrected chi connectivity index (χ3v) is 4.07. The lowest BCUT2D eigenvalue weighted by atomic mass is 10.1. The topological polar surface area (TPSA) is 6.48 Å². The average molecular weight is 234 g/mol. The lowest BCUT2D eigenvalue weighted by molar-refractivity contribution is 0.287. The number of hydrogen-bond acceptors (Lipinski definition) is 2. The summed E-state index contributed by atoms with van der Waals surface area (Å²) < 4.78 is 13.8. The van der Waals surface area contributed by atoms with Crippen molar-refractivity contribution in [3.05, 3.63) is 29.6 Å². The third kappa shape index (κ3) is 1.82. The summed E-state index contributed by atoms with van der Waals surface area (Å²) in [6.07, 6.45) is 2.05. The number of fused-ring (bicyclic) bond motifs is 3. The van der Waals surface area contributed by atoms with Gasteiger partial charge in [-0.15, -0.1) is 0 Å². The highest BCUT2D eigenvalue weighted by Gasteiger charge is 2.33. The molecule has 0 aromatic heterocycles. The number of halogens is 1. The molecule has 0 aliphatic carbocycles. The fourth-order valence-corrected chi connectivity index (χ4v) is 3.17. The van der Waals surface area contributed by atoms with Crippen molar-refractivity contribution < 1.29 is 4.39 Å². The monoisotopic (exact) mass is 234 g/mol. The second-order valence-electron chi connectivity index (χ2n) is 5.04. The standard InChI is InChI=1S/C14H19FN2/c1-2-16-7-4-8-17-11(10-16)9-12-13(15)5-3-6-14(12)17/h3,5-6,11H,2,4,7-10H2,1H3. The molecule has 1 atom stereocenters.